The molecule has 5 amide bonds. The molecule has 16 nitrogen and oxygen atoms in total. The average molecular weight is 669 g/mol. The highest BCUT2D eigenvalue weighted by molar-refractivity contribution is 6.22. The maximum absolute atomic E-state index is 12.9. The van der Waals surface area contributed by atoms with Gasteiger partial charge in [0.2, 0.25) is 18.2 Å². The fourth-order valence-corrected chi connectivity index (χ4v) is 4.58. The molecule has 16 heteroatoms. The molecule has 2 aromatic rings. The Morgan fingerprint density at radius 1 is 0.792 bits per heavy atom. The topological polar surface area (TPSA) is 213 Å². The van der Waals surface area contributed by atoms with E-state index < -0.39 is 78.9 Å². The Balaban J connectivity index is 1.63. The van der Waals surface area contributed by atoms with E-state index in [1.54, 1.807) is 42.5 Å². The Hall–Kier alpha value is -5.64. The number of hydrogen-bond donors (Lipinski definition) is 3. The summed E-state index contributed by atoms with van der Waals surface area (Å²) in [5.74, 6) is -5.61. The predicted molar refractivity (Wildman–Crippen MR) is 164 cm³/mol. The van der Waals surface area contributed by atoms with E-state index in [-0.39, 0.29) is 30.6 Å². The van der Waals surface area contributed by atoms with Gasteiger partial charge >= 0.3 is 17.9 Å². The van der Waals surface area contributed by atoms with Crippen molar-refractivity contribution in [1.29, 1.82) is 0 Å². The quantitative estimate of drug-likeness (QED) is 0.0805. The van der Waals surface area contributed by atoms with Gasteiger partial charge < -0.3 is 34.9 Å². The Morgan fingerprint density at radius 2 is 1.40 bits per heavy atom. The normalized spacial score (nSPS) is 14.4. The van der Waals surface area contributed by atoms with Crippen LogP contribution in [0.2, 0.25) is 0 Å². The molecule has 0 aromatic heterocycles. The lowest BCUT2D eigenvalue weighted by atomic mass is 10.1. The maximum atomic E-state index is 12.9. The molecule has 0 unspecified atom stereocenters. The van der Waals surface area contributed by atoms with E-state index in [9.17, 15) is 38.4 Å². The van der Waals surface area contributed by atoms with Crippen LogP contribution in [0.15, 0.2) is 54.6 Å². The number of esters is 3. The first-order valence-corrected chi connectivity index (χ1v) is 14.7. The summed E-state index contributed by atoms with van der Waals surface area (Å²) in [5.41, 5.74) is 0.885. The molecule has 3 rings (SSSR count). The summed E-state index contributed by atoms with van der Waals surface area (Å²) in [5, 5.41) is 7.12. The zero-order valence-corrected chi connectivity index (χ0v) is 26.5. The molecular weight excluding hydrogens is 632 g/mol. The average Bonchev–Trinajstić information content (AvgIpc) is 3.35. The number of rotatable bonds is 18. The molecule has 0 saturated heterocycles. The molecule has 0 spiro atoms. The molecule has 1 heterocycles. The van der Waals surface area contributed by atoms with Gasteiger partial charge in [-0.15, -0.1) is 0 Å². The van der Waals surface area contributed by atoms with Crippen LogP contribution in [0.4, 0.5) is 0 Å². The van der Waals surface area contributed by atoms with Crippen molar-refractivity contribution >= 4 is 47.9 Å². The number of ether oxygens (including phenoxy) is 4. The summed E-state index contributed by atoms with van der Waals surface area (Å²) >= 11 is 0. The smallest absolute Gasteiger partial charge is 0.331 e. The van der Waals surface area contributed by atoms with Crippen LogP contribution in [0.3, 0.4) is 0 Å². The minimum absolute atomic E-state index is 0.101. The lowest BCUT2D eigenvalue weighted by molar-refractivity contribution is -0.151. The van der Waals surface area contributed by atoms with Gasteiger partial charge in [-0.05, 0) is 31.0 Å². The Morgan fingerprint density at radius 3 is 1.98 bits per heavy atom. The molecular formula is C32H36N4O12. The van der Waals surface area contributed by atoms with E-state index in [2.05, 4.69) is 16.0 Å². The molecule has 48 heavy (non-hydrogen) atoms. The standard InChI is InChI=1S/C32H36N4O12/c1-19(33-18-37)27(39)35-23(31(43)48-15-20-9-5-4-6-10-20)13-14-26(38)34-24(30(42)45-2)16-47-17-25(32(44)46-3)36-28(40)21-11-7-8-12-22(21)29(36)41/h4-12,18-19,23-25H,13-17H2,1-3H3,(H,33,37)(H,34,38)(H,35,39)/t19-,23+,24-,25+/m0/s1. The maximum Gasteiger partial charge on any atom is 0.331 e. The van der Waals surface area contributed by atoms with E-state index in [4.69, 9.17) is 18.9 Å². The first-order valence-electron chi connectivity index (χ1n) is 14.7. The van der Waals surface area contributed by atoms with Gasteiger partial charge in [0, 0.05) is 6.42 Å². The molecule has 3 N–H and O–H groups in total. The minimum atomic E-state index is -1.50. The number of imide groups is 1. The van der Waals surface area contributed by atoms with Crippen molar-refractivity contribution in [3.8, 4) is 0 Å². The van der Waals surface area contributed by atoms with Crippen molar-refractivity contribution in [2.45, 2.75) is 50.5 Å². The number of fused-ring (bicyclic) bond motifs is 1. The molecule has 4 atom stereocenters. The minimum Gasteiger partial charge on any atom is -0.467 e. The summed E-state index contributed by atoms with van der Waals surface area (Å²) in [6, 6.07) is 9.56. The van der Waals surface area contributed by atoms with Crippen LogP contribution < -0.4 is 16.0 Å². The van der Waals surface area contributed by atoms with Gasteiger partial charge in [-0.2, -0.15) is 0 Å². The lowest BCUT2D eigenvalue weighted by Gasteiger charge is -2.25. The monoisotopic (exact) mass is 668 g/mol. The third-order valence-corrected chi connectivity index (χ3v) is 7.19. The summed E-state index contributed by atoms with van der Waals surface area (Å²) in [6.07, 6.45) is -0.311. The largest absolute Gasteiger partial charge is 0.467 e. The van der Waals surface area contributed by atoms with Crippen molar-refractivity contribution in [3.63, 3.8) is 0 Å². The SMILES string of the molecule is COC(=O)[C@H](COC[C@H](C(=O)OC)N1C(=O)c2ccccc2C1=O)NC(=O)CC[C@@H](NC(=O)[C@H](C)NC=O)C(=O)OCc1ccccc1. The Labute approximate surface area is 275 Å². The molecule has 0 fully saturated rings. The summed E-state index contributed by atoms with van der Waals surface area (Å²) in [6.45, 7) is 0.178. The molecule has 0 bridgehead atoms. The number of benzene rings is 2. The zero-order valence-electron chi connectivity index (χ0n) is 26.5. The van der Waals surface area contributed by atoms with E-state index >= 15 is 0 Å². The highest BCUT2D eigenvalue weighted by Crippen LogP contribution is 2.25. The predicted octanol–water partition coefficient (Wildman–Crippen LogP) is -0.358. The van der Waals surface area contributed by atoms with Crippen LogP contribution in [-0.2, 0) is 54.3 Å². The summed E-state index contributed by atoms with van der Waals surface area (Å²) < 4.78 is 20.4. The van der Waals surface area contributed by atoms with E-state index in [0.717, 1.165) is 14.2 Å². The van der Waals surface area contributed by atoms with Crippen molar-refractivity contribution < 1.29 is 57.3 Å². The van der Waals surface area contributed by atoms with Crippen LogP contribution in [0, 0.1) is 0 Å². The molecule has 0 radical (unpaired) electrons. The number of carbonyl (C=O) groups excluding carboxylic acids is 8. The third-order valence-electron chi connectivity index (χ3n) is 7.19. The van der Waals surface area contributed by atoms with Crippen LogP contribution in [0.25, 0.3) is 0 Å². The lowest BCUT2D eigenvalue weighted by Crippen LogP contribution is -2.50. The summed E-state index contributed by atoms with van der Waals surface area (Å²) in [4.78, 5) is 101. The van der Waals surface area contributed by atoms with Crippen LogP contribution in [-0.4, -0.2) is 104 Å². The van der Waals surface area contributed by atoms with E-state index in [0.29, 0.717) is 16.9 Å². The molecule has 0 aliphatic carbocycles. The third kappa shape index (κ3) is 9.68. The van der Waals surface area contributed by atoms with Gasteiger partial charge in [0.1, 0.15) is 18.7 Å². The molecule has 1 aliphatic rings. The van der Waals surface area contributed by atoms with Crippen molar-refractivity contribution in [2.75, 3.05) is 27.4 Å². The highest BCUT2D eigenvalue weighted by atomic mass is 16.5. The zero-order chi connectivity index (χ0) is 35.2. The number of carbonyl (C=O) groups is 8. The highest BCUT2D eigenvalue weighted by Gasteiger charge is 2.43. The van der Waals surface area contributed by atoms with Gasteiger partial charge in [0.15, 0.2) is 12.1 Å². The first kappa shape index (κ1) is 36.8. The van der Waals surface area contributed by atoms with Gasteiger partial charge in [-0.25, -0.2) is 14.4 Å². The Kier molecular flexibility index (Phi) is 13.7. The van der Waals surface area contributed by atoms with Crippen molar-refractivity contribution in [1.82, 2.24) is 20.9 Å². The molecule has 1 aliphatic heterocycles. The second-order valence-electron chi connectivity index (χ2n) is 10.4. The fraction of sp³-hybridized carbons (Fsp3) is 0.375. The number of nitrogens with zero attached hydrogens (tertiary/aromatic N) is 1. The van der Waals surface area contributed by atoms with E-state index in [1.807, 2.05) is 0 Å². The van der Waals surface area contributed by atoms with Crippen LogP contribution in [0.5, 0.6) is 0 Å². The van der Waals surface area contributed by atoms with Crippen LogP contribution in [0.1, 0.15) is 46.0 Å². The second-order valence-corrected chi connectivity index (χ2v) is 10.4. The molecule has 0 saturated carbocycles. The molecule has 256 valence electrons. The van der Waals surface area contributed by atoms with Gasteiger partial charge in [0.25, 0.3) is 11.8 Å². The van der Waals surface area contributed by atoms with Crippen molar-refractivity contribution in [3.05, 3.63) is 71.3 Å². The van der Waals surface area contributed by atoms with Gasteiger partial charge in [-0.1, -0.05) is 42.5 Å². The number of amides is 5. The Bertz CT molecular complexity index is 1480. The summed E-state index contributed by atoms with van der Waals surface area (Å²) in [7, 11) is 2.14. The first-order chi connectivity index (χ1) is 23.0. The van der Waals surface area contributed by atoms with E-state index in [1.165, 1.54) is 19.1 Å². The van der Waals surface area contributed by atoms with Gasteiger partial charge in [0.05, 0.1) is 38.6 Å². The number of methoxy groups -OCH3 is 2. The van der Waals surface area contributed by atoms with Crippen molar-refractivity contribution in [2.24, 2.45) is 0 Å². The second kappa shape index (κ2) is 17.9. The number of nitrogens with one attached hydrogen (secondary N) is 3. The fourth-order valence-electron chi connectivity index (χ4n) is 4.58. The van der Waals surface area contributed by atoms with Gasteiger partial charge in [-0.3, -0.25) is 28.9 Å². The van der Waals surface area contributed by atoms with Crippen LogP contribution >= 0.6 is 0 Å². The molecule has 2 aromatic carbocycles. The number of hydrogen-bond acceptors (Lipinski definition) is 12.